The van der Waals surface area contributed by atoms with Crippen molar-refractivity contribution in [3.8, 4) is 17.2 Å². The minimum Gasteiger partial charge on any atom is -0.504 e. The summed E-state index contributed by atoms with van der Waals surface area (Å²) in [6, 6.07) is 2.05. The highest BCUT2D eigenvalue weighted by atomic mass is 35.5. The molecule has 2 aliphatic carbocycles. The van der Waals surface area contributed by atoms with E-state index in [1.54, 1.807) is 13.2 Å². The molecule has 0 radical (unpaired) electrons. The van der Waals surface area contributed by atoms with Gasteiger partial charge in [-0.1, -0.05) is 0 Å². The second-order valence-electron chi connectivity index (χ2n) is 8.43. The van der Waals surface area contributed by atoms with Gasteiger partial charge in [-0.25, -0.2) is 0 Å². The fourth-order valence-electron chi connectivity index (χ4n) is 6.40. The number of hydrogen-bond acceptors (Lipinski definition) is 6. The molecule has 1 spiro atoms. The average Bonchev–Trinajstić information content (AvgIpc) is 2.99. The molecule has 5 atom stereocenters. The Hall–Kier alpha value is -1.41. The van der Waals surface area contributed by atoms with Crippen molar-refractivity contribution in [3.05, 3.63) is 17.2 Å². The number of likely N-dealkylation sites (N-methyl/N-ethyl adjacent to an activating group) is 1. The van der Waals surface area contributed by atoms with Gasteiger partial charge < -0.3 is 29.9 Å². The van der Waals surface area contributed by atoms with E-state index in [0.717, 1.165) is 49.1 Å². The van der Waals surface area contributed by atoms with Gasteiger partial charge in [0.25, 0.3) is 0 Å². The maximum absolute atomic E-state index is 11.1. The highest BCUT2D eigenvalue weighted by Gasteiger charge is 2.65. The lowest BCUT2D eigenvalue weighted by atomic mass is 9.51. The molecular formula is C20H28Cl2N2O5. The zero-order chi connectivity index (χ0) is 18.9. The molecular weight excluding hydrogens is 419 g/mol. The van der Waals surface area contributed by atoms with Crippen molar-refractivity contribution in [1.82, 2.24) is 10.2 Å². The molecule has 7 nitrogen and oxygen atoms in total. The number of rotatable bonds is 4. The third-order valence-corrected chi connectivity index (χ3v) is 7.42. The molecule has 1 aromatic rings. The van der Waals surface area contributed by atoms with E-state index in [4.69, 9.17) is 14.6 Å². The molecule has 0 unspecified atom stereocenters. The number of likely N-dealkylation sites (tertiary alicyclic amines) is 1. The third kappa shape index (κ3) is 2.89. The molecule has 1 aromatic carbocycles. The summed E-state index contributed by atoms with van der Waals surface area (Å²) >= 11 is 0. The molecule has 162 valence electrons. The number of piperidine rings is 1. The normalized spacial score (nSPS) is 33.6. The number of methoxy groups -OCH3 is 1. The number of benzene rings is 1. The van der Waals surface area contributed by atoms with Crippen molar-refractivity contribution < 1.29 is 24.5 Å². The molecule has 2 aliphatic heterocycles. The largest absolute Gasteiger partial charge is 0.504 e. The standard InChI is InChI=1S/C20H26N2O5.2ClH/c1-22-6-5-20-11-3-4-12(21-9-16(24)25)19(20)27-18-14(23)8-15(26-2)10(17(18)20)7-13(11)22;;/h8,11-13,19,21,23H,3-7,9H2,1-2H3,(H,24,25);2*1H/t11-,12+,13+,19-,20-;;/m0../s1. The maximum atomic E-state index is 11.1. The smallest absolute Gasteiger partial charge is 0.317 e. The van der Waals surface area contributed by atoms with Crippen LogP contribution < -0.4 is 14.8 Å². The molecule has 1 saturated heterocycles. The van der Waals surface area contributed by atoms with Gasteiger partial charge in [0, 0.05) is 34.7 Å². The van der Waals surface area contributed by atoms with Gasteiger partial charge in [-0.05, 0) is 45.2 Å². The van der Waals surface area contributed by atoms with Gasteiger partial charge in [-0.15, -0.1) is 24.8 Å². The molecule has 0 amide bonds. The van der Waals surface area contributed by atoms with Gasteiger partial charge in [-0.2, -0.15) is 0 Å². The summed E-state index contributed by atoms with van der Waals surface area (Å²) in [4.78, 5) is 13.6. The Balaban J connectivity index is 0.00000120. The van der Waals surface area contributed by atoms with Crippen molar-refractivity contribution >= 4 is 30.8 Å². The van der Waals surface area contributed by atoms with Crippen LogP contribution in [0.3, 0.4) is 0 Å². The van der Waals surface area contributed by atoms with Crippen molar-refractivity contribution in [2.75, 3.05) is 27.2 Å². The second-order valence-corrected chi connectivity index (χ2v) is 8.43. The zero-order valence-electron chi connectivity index (χ0n) is 16.5. The fraction of sp³-hybridized carbons (Fsp3) is 0.650. The first-order valence-corrected chi connectivity index (χ1v) is 9.72. The Bertz CT molecular complexity index is 823. The van der Waals surface area contributed by atoms with Gasteiger partial charge in [0.15, 0.2) is 11.5 Å². The summed E-state index contributed by atoms with van der Waals surface area (Å²) in [5, 5.41) is 23.0. The first-order chi connectivity index (χ1) is 13.0. The number of nitrogens with zero attached hydrogens (tertiary/aromatic N) is 1. The van der Waals surface area contributed by atoms with Crippen LogP contribution in [-0.2, 0) is 16.6 Å². The molecule has 2 heterocycles. The van der Waals surface area contributed by atoms with Gasteiger partial charge in [0.05, 0.1) is 13.7 Å². The lowest BCUT2D eigenvalue weighted by Gasteiger charge is -2.59. The summed E-state index contributed by atoms with van der Waals surface area (Å²) in [5.74, 6) is 1.04. The van der Waals surface area contributed by atoms with Crippen LogP contribution in [0.5, 0.6) is 17.2 Å². The third-order valence-electron chi connectivity index (χ3n) is 7.42. The predicted octanol–water partition coefficient (Wildman–Crippen LogP) is 1.96. The van der Waals surface area contributed by atoms with E-state index in [1.807, 2.05) is 0 Å². The number of ether oxygens (including phenoxy) is 2. The first-order valence-electron chi connectivity index (χ1n) is 9.72. The second kappa shape index (κ2) is 7.69. The van der Waals surface area contributed by atoms with Gasteiger partial charge in [0.2, 0.25) is 0 Å². The van der Waals surface area contributed by atoms with E-state index in [1.165, 1.54) is 0 Å². The lowest BCUT2D eigenvalue weighted by molar-refractivity contribution is -0.136. The monoisotopic (exact) mass is 446 g/mol. The number of carboxylic acids is 1. The van der Waals surface area contributed by atoms with E-state index in [0.29, 0.717) is 17.7 Å². The summed E-state index contributed by atoms with van der Waals surface area (Å²) in [6.07, 6.45) is 3.61. The number of hydrogen-bond donors (Lipinski definition) is 3. The van der Waals surface area contributed by atoms with Crippen LogP contribution in [0, 0.1) is 5.92 Å². The zero-order valence-corrected chi connectivity index (χ0v) is 18.1. The molecule has 2 fully saturated rings. The number of phenols is 1. The lowest BCUT2D eigenvalue weighted by Crippen LogP contribution is -2.68. The van der Waals surface area contributed by atoms with Crippen molar-refractivity contribution in [3.63, 3.8) is 0 Å². The minimum absolute atomic E-state index is 0. The van der Waals surface area contributed by atoms with Gasteiger partial charge in [0.1, 0.15) is 11.9 Å². The van der Waals surface area contributed by atoms with Crippen molar-refractivity contribution in [2.45, 2.75) is 49.3 Å². The molecule has 2 bridgehead atoms. The quantitative estimate of drug-likeness (QED) is 0.650. The molecule has 5 rings (SSSR count). The Labute approximate surface area is 182 Å². The molecule has 0 aromatic heterocycles. The van der Waals surface area contributed by atoms with E-state index >= 15 is 0 Å². The van der Waals surface area contributed by atoms with E-state index < -0.39 is 5.97 Å². The summed E-state index contributed by atoms with van der Waals surface area (Å²) in [5.41, 5.74) is 2.10. The number of nitrogens with one attached hydrogen (secondary N) is 1. The summed E-state index contributed by atoms with van der Waals surface area (Å²) in [7, 11) is 3.84. The highest BCUT2D eigenvalue weighted by molar-refractivity contribution is 5.85. The minimum atomic E-state index is -0.861. The van der Waals surface area contributed by atoms with Gasteiger partial charge in [-0.3, -0.25) is 4.79 Å². The highest BCUT2D eigenvalue weighted by Crippen LogP contribution is 2.65. The number of carboxylic acid groups (broad SMARTS) is 1. The Kier molecular flexibility index (Phi) is 5.91. The SMILES string of the molecule is COc1cc(O)c2c3c1C[C@@H]1[C@@H]4CC[C@@H](NCC(=O)O)[C@H](O2)[C@]34CCN1C.Cl.Cl. The van der Waals surface area contributed by atoms with Gasteiger partial charge >= 0.3 is 5.97 Å². The van der Waals surface area contributed by atoms with E-state index in [9.17, 15) is 9.90 Å². The van der Waals surface area contributed by atoms with Crippen LogP contribution in [0.4, 0.5) is 0 Å². The predicted molar refractivity (Wildman–Crippen MR) is 112 cm³/mol. The topological polar surface area (TPSA) is 91.3 Å². The van der Waals surface area contributed by atoms with Crippen LogP contribution in [-0.4, -0.2) is 66.5 Å². The molecule has 4 aliphatic rings. The Morgan fingerprint density at radius 1 is 1.41 bits per heavy atom. The average molecular weight is 447 g/mol. The number of carbonyl (C=O) groups is 1. The fourth-order valence-corrected chi connectivity index (χ4v) is 6.40. The Morgan fingerprint density at radius 3 is 2.86 bits per heavy atom. The number of aromatic hydroxyl groups is 1. The number of halogens is 2. The van der Waals surface area contributed by atoms with Crippen LogP contribution >= 0.6 is 24.8 Å². The Morgan fingerprint density at radius 2 is 2.17 bits per heavy atom. The van der Waals surface area contributed by atoms with Crippen LogP contribution in [0.1, 0.15) is 30.4 Å². The summed E-state index contributed by atoms with van der Waals surface area (Å²) < 4.78 is 12.0. The van der Waals surface area contributed by atoms with Crippen LogP contribution in [0.2, 0.25) is 0 Å². The van der Waals surface area contributed by atoms with Crippen LogP contribution in [0.15, 0.2) is 6.07 Å². The number of phenolic OH excluding ortho intramolecular Hbond substituents is 1. The molecule has 9 heteroatoms. The number of aliphatic carboxylic acids is 1. The van der Waals surface area contributed by atoms with Crippen molar-refractivity contribution in [1.29, 1.82) is 0 Å². The molecule has 3 N–H and O–H groups in total. The molecule has 1 saturated carbocycles. The van der Waals surface area contributed by atoms with E-state index in [2.05, 4.69) is 17.3 Å². The first kappa shape index (κ1) is 22.3. The molecule has 29 heavy (non-hydrogen) atoms. The maximum Gasteiger partial charge on any atom is 0.317 e. The van der Waals surface area contributed by atoms with Crippen LogP contribution in [0.25, 0.3) is 0 Å². The van der Waals surface area contributed by atoms with E-state index in [-0.39, 0.29) is 54.7 Å². The van der Waals surface area contributed by atoms with Crippen molar-refractivity contribution in [2.24, 2.45) is 5.92 Å². The summed E-state index contributed by atoms with van der Waals surface area (Å²) in [6.45, 7) is 0.899.